The molecule has 5 rings (SSSR count). The van der Waals surface area contributed by atoms with Crippen molar-refractivity contribution < 1.29 is 41.0 Å². The summed E-state index contributed by atoms with van der Waals surface area (Å²) in [6, 6.07) is 9.70. The minimum absolute atomic E-state index is 0.0867. The van der Waals surface area contributed by atoms with Gasteiger partial charge in [-0.3, -0.25) is 14.7 Å². The number of ether oxygens (including phenoxy) is 2. The van der Waals surface area contributed by atoms with E-state index in [0.29, 0.717) is 17.1 Å². The van der Waals surface area contributed by atoms with Crippen molar-refractivity contribution in [3.8, 4) is 17.4 Å². The van der Waals surface area contributed by atoms with Crippen molar-refractivity contribution >= 4 is 34.2 Å². The second-order valence-electron chi connectivity index (χ2n) is 7.86. The highest BCUT2D eigenvalue weighted by Crippen LogP contribution is 2.34. The summed E-state index contributed by atoms with van der Waals surface area (Å²) in [6.07, 6.45) is -1.80. The minimum Gasteiger partial charge on any atom is -0.438 e. The molecule has 3 heterocycles. The van der Waals surface area contributed by atoms with Gasteiger partial charge < -0.3 is 9.47 Å². The van der Waals surface area contributed by atoms with Gasteiger partial charge in [-0.15, -0.1) is 0 Å². The summed E-state index contributed by atoms with van der Waals surface area (Å²) in [7, 11) is 0. The maximum Gasteiger partial charge on any atom is 0.417 e. The Morgan fingerprint density at radius 2 is 1.63 bits per heavy atom. The summed E-state index contributed by atoms with van der Waals surface area (Å²) < 4.78 is 74.2. The SMILES string of the molecule is O=C1CN(c2cncc(C(F)(F)F)c2)C(=O)N1c1ccc(Oc2ncnc3cc(OC(F)F)ccc23)cc1. The Morgan fingerprint density at radius 1 is 0.895 bits per heavy atom. The minimum atomic E-state index is -4.66. The molecule has 0 spiro atoms. The standard InChI is InChI=1S/C24H14F5N5O4/c25-22(26)38-17-5-6-18-19(8-17)31-12-32-21(18)37-16-3-1-14(2-4-16)34-20(35)11-33(23(34)36)15-7-13(9-30-10-15)24(27,28)29/h1-10,12,22H,11H2. The highest BCUT2D eigenvalue weighted by atomic mass is 19.4. The molecule has 0 radical (unpaired) electrons. The van der Waals surface area contributed by atoms with Gasteiger partial charge in [0.1, 0.15) is 24.4 Å². The molecule has 9 nitrogen and oxygen atoms in total. The normalized spacial score (nSPS) is 14.1. The average Bonchev–Trinajstić information content (AvgIpc) is 3.17. The van der Waals surface area contributed by atoms with E-state index in [4.69, 9.17) is 4.74 Å². The third-order valence-corrected chi connectivity index (χ3v) is 5.43. The number of anilines is 2. The van der Waals surface area contributed by atoms with Crippen LogP contribution in [0.3, 0.4) is 0 Å². The Hall–Kier alpha value is -4.88. The number of pyridine rings is 1. The lowest BCUT2D eigenvalue weighted by atomic mass is 10.2. The van der Waals surface area contributed by atoms with Crippen LogP contribution in [0, 0.1) is 0 Å². The molecule has 2 aromatic heterocycles. The number of halogens is 5. The lowest BCUT2D eigenvalue weighted by molar-refractivity contribution is -0.137. The van der Waals surface area contributed by atoms with Crippen molar-refractivity contribution in [2.45, 2.75) is 12.8 Å². The van der Waals surface area contributed by atoms with Crippen LogP contribution in [0.1, 0.15) is 5.56 Å². The van der Waals surface area contributed by atoms with Gasteiger partial charge in [-0.25, -0.2) is 19.7 Å². The molecule has 2 aromatic carbocycles. The summed E-state index contributed by atoms with van der Waals surface area (Å²) in [4.78, 5) is 38.8. The van der Waals surface area contributed by atoms with Crippen molar-refractivity contribution in [3.63, 3.8) is 0 Å². The molecular formula is C24H14F5N5O4. The molecule has 0 bridgehead atoms. The van der Waals surface area contributed by atoms with Gasteiger partial charge in [-0.2, -0.15) is 22.0 Å². The van der Waals surface area contributed by atoms with Gasteiger partial charge in [0.05, 0.1) is 34.0 Å². The Balaban J connectivity index is 1.35. The number of alkyl halides is 5. The molecule has 38 heavy (non-hydrogen) atoms. The van der Waals surface area contributed by atoms with Crippen LogP contribution in [0.15, 0.2) is 67.3 Å². The first-order chi connectivity index (χ1) is 18.1. The first-order valence-electron chi connectivity index (χ1n) is 10.7. The average molecular weight is 531 g/mol. The Bertz CT molecular complexity index is 1530. The summed E-state index contributed by atoms with van der Waals surface area (Å²) in [5, 5.41) is 0.411. The number of imide groups is 1. The van der Waals surface area contributed by atoms with Crippen molar-refractivity contribution in [2.24, 2.45) is 0 Å². The molecule has 1 saturated heterocycles. The molecular weight excluding hydrogens is 517 g/mol. The Morgan fingerprint density at radius 3 is 2.34 bits per heavy atom. The number of amides is 3. The third-order valence-electron chi connectivity index (χ3n) is 5.43. The lowest BCUT2D eigenvalue weighted by Gasteiger charge is -2.18. The molecule has 194 valence electrons. The number of carbonyl (C=O) groups is 2. The maximum absolute atomic E-state index is 13.0. The first kappa shape index (κ1) is 24.8. The molecule has 0 N–H and O–H groups in total. The topological polar surface area (TPSA) is 97.8 Å². The second kappa shape index (κ2) is 9.53. The number of rotatable bonds is 6. The van der Waals surface area contributed by atoms with Gasteiger partial charge in [-0.05, 0) is 42.5 Å². The zero-order chi connectivity index (χ0) is 27.0. The molecule has 14 heteroatoms. The molecule has 0 aliphatic carbocycles. The zero-order valence-electron chi connectivity index (χ0n) is 18.9. The molecule has 1 aliphatic rings. The van der Waals surface area contributed by atoms with Crippen LogP contribution in [0.25, 0.3) is 10.9 Å². The van der Waals surface area contributed by atoms with Crippen LogP contribution < -0.4 is 19.3 Å². The summed E-state index contributed by atoms with van der Waals surface area (Å²) >= 11 is 0. The number of hydrogen-bond donors (Lipinski definition) is 0. The quantitative estimate of drug-likeness (QED) is 0.242. The number of urea groups is 1. The van der Waals surface area contributed by atoms with E-state index in [-0.39, 0.29) is 28.8 Å². The third kappa shape index (κ3) is 4.87. The molecule has 1 aliphatic heterocycles. The predicted molar refractivity (Wildman–Crippen MR) is 122 cm³/mol. The number of benzene rings is 2. The van der Waals surface area contributed by atoms with Crippen LogP contribution in [-0.2, 0) is 11.0 Å². The van der Waals surface area contributed by atoms with Crippen LogP contribution in [0.4, 0.5) is 38.1 Å². The van der Waals surface area contributed by atoms with E-state index in [1.807, 2.05) is 0 Å². The van der Waals surface area contributed by atoms with E-state index in [9.17, 15) is 31.5 Å². The number of hydrogen-bond acceptors (Lipinski definition) is 7. The van der Waals surface area contributed by atoms with Gasteiger partial charge in [0, 0.05) is 12.3 Å². The van der Waals surface area contributed by atoms with E-state index >= 15 is 0 Å². The number of fused-ring (bicyclic) bond motifs is 1. The molecule has 0 saturated carbocycles. The van der Waals surface area contributed by atoms with Crippen LogP contribution >= 0.6 is 0 Å². The lowest BCUT2D eigenvalue weighted by Crippen LogP contribution is -2.33. The van der Waals surface area contributed by atoms with E-state index in [2.05, 4.69) is 19.7 Å². The number of aromatic nitrogens is 3. The van der Waals surface area contributed by atoms with E-state index in [1.165, 1.54) is 48.8 Å². The largest absolute Gasteiger partial charge is 0.438 e. The predicted octanol–water partition coefficient (Wildman–Crippen LogP) is 5.41. The Kier molecular flexibility index (Phi) is 6.22. The maximum atomic E-state index is 13.0. The summed E-state index contributed by atoms with van der Waals surface area (Å²) in [5.74, 6) is -0.358. The van der Waals surface area contributed by atoms with Gasteiger partial charge in [0.15, 0.2) is 0 Å². The van der Waals surface area contributed by atoms with Crippen molar-refractivity contribution in [2.75, 3.05) is 16.3 Å². The first-order valence-corrected chi connectivity index (χ1v) is 10.7. The van der Waals surface area contributed by atoms with Crippen LogP contribution in [0.5, 0.6) is 17.4 Å². The van der Waals surface area contributed by atoms with Gasteiger partial charge in [0.2, 0.25) is 5.88 Å². The van der Waals surface area contributed by atoms with Crippen LogP contribution in [-0.4, -0.2) is 40.0 Å². The zero-order valence-corrected chi connectivity index (χ0v) is 18.9. The smallest absolute Gasteiger partial charge is 0.417 e. The van der Waals surface area contributed by atoms with Crippen molar-refractivity contribution in [1.82, 2.24) is 15.0 Å². The van der Waals surface area contributed by atoms with Crippen molar-refractivity contribution in [3.05, 3.63) is 72.8 Å². The number of nitrogens with zero attached hydrogens (tertiary/aromatic N) is 5. The summed E-state index contributed by atoms with van der Waals surface area (Å²) in [6.45, 7) is -3.46. The van der Waals surface area contributed by atoms with E-state index in [0.717, 1.165) is 22.1 Å². The fourth-order valence-corrected chi connectivity index (χ4v) is 3.73. The van der Waals surface area contributed by atoms with Crippen molar-refractivity contribution in [1.29, 1.82) is 0 Å². The molecule has 0 unspecified atom stereocenters. The second-order valence-corrected chi connectivity index (χ2v) is 7.86. The molecule has 1 fully saturated rings. The fourth-order valence-electron chi connectivity index (χ4n) is 3.73. The Labute approximate surface area is 210 Å². The number of carbonyl (C=O) groups excluding carboxylic acids is 2. The summed E-state index contributed by atoms with van der Waals surface area (Å²) in [5.41, 5.74) is -0.762. The monoisotopic (exact) mass is 531 g/mol. The van der Waals surface area contributed by atoms with Gasteiger partial charge >= 0.3 is 18.8 Å². The highest BCUT2D eigenvalue weighted by Gasteiger charge is 2.39. The molecule has 0 atom stereocenters. The fraction of sp³-hybridized carbons (Fsp3) is 0.125. The highest BCUT2D eigenvalue weighted by molar-refractivity contribution is 6.26. The van der Waals surface area contributed by atoms with Gasteiger partial charge in [-0.1, -0.05) is 0 Å². The van der Waals surface area contributed by atoms with E-state index in [1.54, 1.807) is 0 Å². The molecule has 4 aromatic rings. The van der Waals surface area contributed by atoms with Crippen LogP contribution in [0.2, 0.25) is 0 Å². The molecule has 3 amide bonds. The van der Waals surface area contributed by atoms with E-state index < -0.39 is 36.8 Å². The van der Waals surface area contributed by atoms with Gasteiger partial charge in [0.25, 0.3) is 5.91 Å².